The average Bonchev–Trinajstić information content (AvgIpc) is 2.46. The summed E-state index contributed by atoms with van der Waals surface area (Å²) in [6, 6.07) is 10.6. The Bertz CT molecular complexity index is 400. The number of rotatable bonds is 6. The summed E-state index contributed by atoms with van der Waals surface area (Å²) in [5.74, 6) is 0.976. The van der Waals surface area contributed by atoms with E-state index in [1.54, 1.807) is 18.9 Å². The van der Waals surface area contributed by atoms with Gasteiger partial charge in [0.05, 0.1) is 19.2 Å². The van der Waals surface area contributed by atoms with Crippen molar-refractivity contribution in [2.45, 2.75) is 6.42 Å². The predicted molar refractivity (Wildman–Crippen MR) is 85.4 cm³/mol. The molecule has 0 N–H and O–H groups in total. The minimum absolute atomic E-state index is 0.778. The van der Waals surface area contributed by atoms with Crippen molar-refractivity contribution >= 4 is 28.3 Å². The quantitative estimate of drug-likeness (QED) is 0.747. The third-order valence-electron chi connectivity index (χ3n) is 3.12. The highest BCUT2D eigenvalue weighted by atomic mass is 32.2. The van der Waals surface area contributed by atoms with Crippen molar-refractivity contribution in [1.82, 2.24) is 9.80 Å². The summed E-state index contributed by atoms with van der Waals surface area (Å²) in [7, 11) is 1.74. The summed E-state index contributed by atoms with van der Waals surface area (Å²) in [5, 5.41) is 0. The second-order valence-corrected chi connectivity index (χ2v) is 6.15. The van der Waals surface area contributed by atoms with Crippen molar-refractivity contribution in [3.05, 3.63) is 35.9 Å². The molecular formula is C14H20N2OS2. The number of ether oxygens (including phenoxy) is 1. The molecule has 0 spiro atoms. The van der Waals surface area contributed by atoms with E-state index in [0.29, 0.717) is 0 Å². The highest BCUT2D eigenvalue weighted by Crippen LogP contribution is 2.18. The lowest BCUT2D eigenvalue weighted by atomic mass is 10.1. The Hall–Kier alpha value is -0.620. The third kappa shape index (κ3) is 4.76. The van der Waals surface area contributed by atoms with Crippen LogP contribution in [0.1, 0.15) is 5.56 Å². The molecule has 19 heavy (non-hydrogen) atoms. The fourth-order valence-corrected chi connectivity index (χ4v) is 3.15. The van der Waals surface area contributed by atoms with Crippen LogP contribution in [0.15, 0.2) is 30.3 Å². The van der Waals surface area contributed by atoms with Crippen LogP contribution in [-0.2, 0) is 11.2 Å². The van der Waals surface area contributed by atoms with Crippen LogP contribution in [0.4, 0.5) is 0 Å². The molecule has 1 aliphatic rings. The number of thiocarbonyl (C=S) groups is 1. The van der Waals surface area contributed by atoms with Gasteiger partial charge in [-0.3, -0.25) is 4.90 Å². The van der Waals surface area contributed by atoms with Crippen LogP contribution in [0.25, 0.3) is 0 Å². The Labute approximate surface area is 124 Å². The Morgan fingerprint density at radius 3 is 2.79 bits per heavy atom. The predicted octanol–water partition coefficient (Wildman–Crippen LogP) is 2.43. The van der Waals surface area contributed by atoms with Gasteiger partial charge in [0.2, 0.25) is 0 Å². The minimum atomic E-state index is 0.778. The van der Waals surface area contributed by atoms with Gasteiger partial charge in [-0.2, -0.15) is 0 Å². The Morgan fingerprint density at radius 1 is 1.26 bits per heavy atom. The lowest BCUT2D eigenvalue weighted by Gasteiger charge is -2.36. The highest BCUT2D eigenvalue weighted by Gasteiger charge is 2.20. The van der Waals surface area contributed by atoms with E-state index in [9.17, 15) is 0 Å². The molecule has 1 aromatic rings. The summed E-state index contributed by atoms with van der Waals surface area (Å²) in [6.45, 7) is 3.65. The standard InChI is InChI=1S/C14H20N2OS2/c1-17-10-9-15-11-16(14(18)19-12-15)8-7-13-5-3-2-4-6-13/h2-6H,7-12H2,1H3. The molecule has 0 bridgehead atoms. The van der Waals surface area contributed by atoms with Crippen LogP contribution in [0.5, 0.6) is 0 Å². The van der Waals surface area contributed by atoms with Crippen molar-refractivity contribution in [2.75, 3.05) is 39.4 Å². The largest absolute Gasteiger partial charge is 0.383 e. The van der Waals surface area contributed by atoms with Crippen LogP contribution in [0.3, 0.4) is 0 Å². The first-order valence-corrected chi connectivity index (χ1v) is 7.86. The highest BCUT2D eigenvalue weighted by molar-refractivity contribution is 8.22. The number of hydrogen-bond acceptors (Lipinski definition) is 4. The van der Waals surface area contributed by atoms with E-state index in [1.165, 1.54) is 5.56 Å². The minimum Gasteiger partial charge on any atom is -0.383 e. The van der Waals surface area contributed by atoms with Gasteiger partial charge < -0.3 is 9.64 Å². The van der Waals surface area contributed by atoms with Crippen molar-refractivity contribution in [1.29, 1.82) is 0 Å². The Kier molecular flexibility index (Phi) is 6.10. The number of nitrogens with zero attached hydrogens (tertiary/aromatic N) is 2. The molecule has 3 nitrogen and oxygen atoms in total. The van der Waals surface area contributed by atoms with E-state index in [4.69, 9.17) is 17.0 Å². The number of hydrogen-bond donors (Lipinski definition) is 0. The number of thioether (sulfide) groups is 1. The second-order valence-electron chi connectivity index (χ2n) is 4.57. The fourth-order valence-electron chi connectivity index (χ4n) is 2.00. The molecule has 1 aliphatic heterocycles. The summed E-state index contributed by atoms with van der Waals surface area (Å²) < 4.78 is 6.15. The van der Waals surface area contributed by atoms with Crippen LogP contribution < -0.4 is 0 Å². The molecule has 0 atom stereocenters. The second kappa shape index (κ2) is 7.85. The number of methoxy groups -OCH3 is 1. The molecule has 104 valence electrons. The molecule has 2 rings (SSSR count). The SMILES string of the molecule is COCCN1CSC(=S)N(CCc2ccccc2)C1. The zero-order valence-corrected chi connectivity index (χ0v) is 12.9. The molecular weight excluding hydrogens is 276 g/mol. The van der Waals surface area contributed by atoms with Gasteiger partial charge in [0, 0.05) is 20.2 Å². The fraction of sp³-hybridized carbons (Fsp3) is 0.500. The maximum absolute atomic E-state index is 5.44. The zero-order valence-electron chi connectivity index (χ0n) is 11.2. The first-order valence-electron chi connectivity index (χ1n) is 6.46. The van der Waals surface area contributed by atoms with Crippen molar-refractivity contribution < 1.29 is 4.74 Å². The topological polar surface area (TPSA) is 15.7 Å². The van der Waals surface area contributed by atoms with Gasteiger partial charge in [-0.05, 0) is 12.0 Å². The van der Waals surface area contributed by atoms with Crippen LogP contribution in [0.2, 0.25) is 0 Å². The van der Waals surface area contributed by atoms with Crippen molar-refractivity contribution in [2.24, 2.45) is 0 Å². The van der Waals surface area contributed by atoms with Crippen molar-refractivity contribution in [3.8, 4) is 0 Å². The van der Waals surface area contributed by atoms with Gasteiger partial charge in [0.15, 0.2) is 0 Å². The van der Waals surface area contributed by atoms with Gasteiger partial charge in [0.25, 0.3) is 0 Å². The van der Waals surface area contributed by atoms with Crippen LogP contribution in [0, 0.1) is 0 Å². The average molecular weight is 296 g/mol. The zero-order chi connectivity index (χ0) is 13.5. The van der Waals surface area contributed by atoms with Crippen LogP contribution in [-0.4, -0.2) is 53.5 Å². The lowest BCUT2D eigenvalue weighted by Crippen LogP contribution is -2.46. The molecule has 0 aliphatic carbocycles. The van der Waals surface area contributed by atoms with E-state index >= 15 is 0 Å². The molecule has 0 radical (unpaired) electrons. The molecule has 0 unspecified atom stereocenters. The van der Waals surface area contributed by atoms with E-state index in [0.717, 1.165) is 43.0 Å². The maximum Gasteiger partial charge on any atom is 0.138 e. The monoisotopic (exact) mass is 296 g/mol. The third-order valence-corrected chi connectivity index (χ3v) is 4.74. The molecule has 0 aromatic heterocycles. The lowest BCUT2D eigenvalue weighted by molar-refractivity contribution is 0.133. The summed E-state index contributed by atoms with van der Waals surface area (Å²) in [6.07, 6.45) is 1.04. The van der Waals surface area contributed by atoms with Gasteiger partial charge in [-0.25, -0.2) is 0 Å². The molecule has 1 saturated heterocycles. The van der Waals surface area contributed by atoms with E-state index in [-0.39, 0.29) is 0 Å². The molecule has 5 heteroatoms. The van der Waals surface area contributed by atoms with E-state index < -0.39 is 0 Å². The molecule has 1 fully saturated rings. The van der Waals surface area contributed by atoms with Gasteiger partial charge in [0.1, 0.15) is 4.32 Å². The van der Waals surface area contributed by atoms with Crippen molar-refractivity contribution in [3.63, 3.8) is 0 Å². The van der Waals surface area contributed by atoms with E-state index in [1.807, 2.05) is 0 Å². The van der Waals surface area contributed by atoms with Gasteiger partial charge >= 0.3 is 0 Å². The number of benzene rings is 1. The summed E-state index contributed by atoms with van der Waals surface area (Å²) >= 11 is 7.19. The molecule has 0 amide bonds. The molecule has 1 aromatic carbocycles. The smallest absolute Gasteiger partial charge is 0.138 e. The van der Waals surface area contributed by atoms with Gasteiger partial charge in [-0.15, -0.1) is 0 Å². The molecule has 1 heterocycles. The summed E-state index contributed by atoms with van der Waals surface area (Å²) in [4.78, 5) is 4.65. The van der Waals surface area contributed by atoms with E-state index in [2.05, 4.69) is 40.1 Å². The first-order chi connectivity index (χ1) is 9.29. The van der Waals surface area contributed by atoms with Gasteiger partial charge in [-0.1, -0.05) is 54.3 Å². The Morgan fingerprint density at radius 2 is 2.05 bits per heavy atom. The Balaban J connectivity index is 1.82. The molecule has 0 saturated carbocycles. The summed E-state index contributed by atoms with van der Waals surface area (Å²) in [5.41, 5.74) is 1.37. The normalized spacial score (nSPS) is 16.9. The maximum atomic E-state index is 5.44. The first kappa shape index (κ1) is 14.8. The van der Waals surface area contributed by atoms with Crippen LogP contribution >= 0.6 is 24.0 Å².